The number of benzene rings is 2. The molecule has 0 saturated carbocycles. The van der Waals surface area contributed by atoms with Crippen molar-refractivity contribution >= 4 is 0 Å². The summed E-state index contributed by atoms with van der Waals surface area (Å²) in [7, 11) is 0. The van der Waals surface area contributed by atoms with Gasteiger partial charge in [0.1, 0.15) is 17.6 Å². The zero-order valence-corrected chi connectivity index (χ0v) is 8.54. The van der Waals surface area contributed by atoms with E-state index < -0.39 is 6.10 Å². The van der Waals surface area contributed by atoms with Crippen LogP contribution in [0, 0.1) is 0 Å². The molecule has 0 aliphatic heterocycles. The minimum atomic E-state index is -0.887. The van der Waals surface area contributed by atoms with Crippen LogP contribution in [0.1, 0.15) is 17.2 Å². The van der Waals surface area contributed by atoms with Crippen LogP contribution in [0.15, 0.2) is 48.5 Å². The van der Waals surface area contributed by atoms with Crippen LogP contribution in [0.4, 0.5) is 0 Å². The van der Waals surface area contributed by atoms with Gasteiger partial charge in [-0.05, 0) is 17.7 Å². The maximum Gasteiger partial charge on any atom is 0.125 e. The number of phenolic OH excluding ortho intramolecular Hbond substituents is 2. The first kappa shape index (κ1) is 10.5. The highest BCUT2D eigenvalue weighted by atomic mass is 16.3. The Balaban J connectivity index is 2.38. The topological polar surface area (TPSA) is 60.7 Å². The maximum absolute atomic E-state index is 10.0. The summed E-state index contributed by atoms with van der Waals surface area (Å²) < 4.78 is 0. The van der Waals surface area contributed by atoms with E-state index in [-0.39, 0.29) is 11.5 Å². The Kier molecular flexibility index (Phi) is 2.79. The van der Waals surface area contributed by atoms with Crippen molar-refractivity contribution < 1.29 is 15.3 Å². The van der Waals surface area contributed by atoms with E-state index in [1.165, 1.54) is 18.2 Å². The largest absolute Gasteiger partial charge is 0.508 e. The lowest BCUT2D eigenvalue weighted by Crippen LogP contribution is -1.99. The molecule has 0 fully saturated rings. The number of aliphatic hydroxyl groups excluding tert-OH is 1. The van der Waals surface area contributed by atoms with Crippen molar-refractivity contribution in [3.63, 3.8) is 0 Å². The van der Waals surface area contributed by atoms with Gasteiger partial charge in [0, 0.05) is 11.6 Å². The minimum Gasteiger partial charge on any atom is -0.508 e. The van der Waals surface area contributed by atoms with Gasteiger partial charge in [-0.25, -0.2) is 0 Å². The molecular weight excluding hydrogens is 204 g/mol. The Bertz CT molecular complexity index is 480. The summed E-state index contributed by atoms with van der Waals surface area (Å²) in [4.78, 5) is 0. The second-order valence-corrected chi connectivity index (χ2v) is 3.56. The van der Waals surface area contributed by atoms with Gasteiger partial charge in [-0.3, -0.25) is 0 Å². The number of phenols is 2. The first-order chi connectivity index (χ1) is 7.68. The third-order valence-corrected chi connectivity index (χ3v) is 2.42. The number of aromatic hydroxyl groups is 2. The lowest BCUT2D eigenvalue weighted by molar-refractivity contribution is 0.215. The van der Waals surface area contributed by atoms with Crippen LogP contribution in [0.2, 0.25) is 0 Å². The first-order valence-electron chi connectivity index (χ1n) is 4.93. The van der Waals surface area contributed by atoms with E-state index in [0.29, 0.717) is 11.1 Å². The molecular formula is C13H12O3. The monoisotopic (exact) mass is 216 g/mol. The van der Waals surface area contributed by atoms with Crippen LogP contribution in [0.25, 0.3) is 0 Å². The van der Waals surface area contributed by atoms with Crippen LogP contribution in [0.5, 0.6) is 11.5 Å². The van der Waals surface area contributed by atoms with Crippen LogP contribution >= 0.6 is 0 Å². The Labute approximate surface area is 93.2 Å². The molecule has 0 saturated heterocycles. The van der Waals surface area contributed by atoms with E-state index in [9.17, 15) is 10.2 Å². The second-order valence-electron chi connectivity index (χ2n) is 3.56. The lowest BCUT2D eigenvalue weighted by atomic mass is 10.0. The van der Waals surface area contributed by atoms with E-state index >= 15 is 0 Å². The molecule has 0 aliphatic rings. The van der Waals surface area contributed by atoms with Gasteiger partial charge < -0.3 is 15.3 Å². The molecule has 16 heavy (non-hydrogen) atoms. The van der Waals surface area contributed by atoms with Gasteiger partial charge in [-0.1, -0.05) is 30.3 Å². The third-order valence-electron chi connectivity index (χ3n) is 2.42. The van der Waals surface area contributed by atoms with Crippen LogP contribution in [0.3, 0.4) is 0 Å². The smallest absolute Gasteiger partial charge is 0.125 e. The van der Waals surface area contributed by atoms with Gasteiger partial charge in [0.2, 0.25) is 0 Å². The highest BCUT2D eigenvalue weighted by Crippen LogP contribution is 2.31. The first-order valence-corrected chi connectivity index (χ1v) is 4.93. The zero-order valence-electron chi connectivity index (χ0n) is 8.54. The van der Waals surface area contributed by atoms with Crippen molar-refractivity contribution in [3.05, 3.63) is 59.7 Å². The summed E-state index contributed by atoms with van der Waals surface area (Å²) in [6.07, 6.45) is -0.887. The van der Waals surface area contributed by atoms with Crippen LogP contribution in [-0.2, 0) is 0 Å². The third kappa shape index (κ3) is 1.99. The van der Waals surface area contributed by atoms with Gasteiger partial charge in [-0.2, -0.15) is 0 Å². The minimum absolute atomic E-state index is 0.0264. The quantitative estimate of drug-likeness (QED) is 0.721. The number of aliphatic hydroxyl groups is 1. The van der Waals surface area contributed by atoms with Crippen LogP contribution in [-0.4, -0.2) is 15.3 Å². The fourth-order valence-corrected chi connectivity index (χ4v) is 1.58. The van der Waals surface area contributed by atoms with Crippen molar-refractivity contribution in [2.75, 3.05) is 0 Å². The Morgan fingerprint density at radius 3 is 2.19 bits per heavy atom. The van der Waals surface area contributed by atoms with Gasteiger partial charge >= 0.3 is 0 Å². The summed E-state index contributed by atoms with van der Waals surface area (Å²) in [6.45, 7) is 0. The van der Waals surface area contributed by atoms with Gasteiger partial charge in [-0.15, -0.1) is 0 Å². The average Bonchev–Trinajstić information content (AvgIpc) is 2.29. The average molecular weight is 216 g/mol. The van der Waals surface area contributed by atoms with Crippen molar-refractivity contribution in [2.45, 2.75) is 6.10 Å². The molecule has 0 bridgehead atoms. The Morgan fingerprint density at radius 2 is 1.56 bits per heavy atom. The molecule has 0 aliphatic carbocycles. The fraction of sp³-hybridized carbons (Fsp3) is 0.0769. The molecule has 3 nitrogen and oxygen atoms in total. The predicted octanol–water partition coefficient (Wildman–Crippen LogP) is 2.18. The summed E-state index contributed by atoms with van der Waals surface area (Å²) in [5.41, 5.74) is 1.08. The van der Waals surface area contributed by atoms with Crippen LogP contribution < -0.4 is 0 Å². The molecule has 2 aromatic carbocycles. The number of rotatable bonds is 2. The number of hydrogen-bond donors (Lipinski definition) is 3. The predicted molar refractivity (Wildman–Crippen MR) is 60.3 cm³/mol. The van der Waals surface area contributed by atoms with Gasteiger partial charge in [0.25, 0.3) is 0 Å². The highest BCUT2D eigenvalue weighted by molar-refractivity contribution is 5.43. The molecule has 2 aromatic rings. The van der Waals surface area contributed by atoms with Crippen molar-refractivity contribution in [2.24, 2.45) is 0 Å². The second kappa shape index (κ2) is 4.24. The molecule has 0 radical (unpaired) electrons. The Morgan fingerprint density at radius 1 is 0.875 bits per heavy atom. The lowest BCUT2D eigenvalue weighted by Gasteiger charge is -2.12. The molecule has 0 amide bonds. The van der Waals surface area contributed by atoms with Crippen molar-refractivity contribution in [1.29, 1.82) is 0 Å². The molecule has 0 unspecified atom stereocenters. The summed E-state index contributed by atoms with van der Waals surface area (Å²) in [6, 6.07) is 13.2. The van der Waals surface area contributed by atoms with E-state index in [4.69, 9.17) is 5.11 Å². The molecule has 2 rings (SSSR count). The van der Waals surface area contributed by atoms with E-state index in [0.717, 1.165) is 0 Å². The number of hydrogen-bond acceptors (Lipinski definition) is 3. The van der Waals surface area contributed by atoms with Crippen molar-refractivity contribution in [1.82, 2.24) is 0 Å². The maximum atomic E-state index is 10.0. The molecule has 1 atom stereocenters. The Hall–Kier alpha value is -2.00. The molecule has 3 N–H and O–H groups in total. The normalized spacial score (nSPS) is 12.3. The SMILES string of the molecule is Oc1ccc([C@H](O)c2ccccc2)c(O)c1. The van der Waals surface area contributed by atoms with Crippen molar-refractivity contribution in [3.8, 4) is 11.5 Å². The van der Waals surface area contributed by atoms with E-state index in [1.807, 2.05) is 18.2 Å². The standard InChI is InChI=1S/C13H12O3/c14-10-6-7-11(12(15)8-10)13(16)9-4-2-1-3-5-9/h1-8,13-16H/t13-/m1/s1. The molecule has 0 spiro atoms. The molecule has 3 heteroatoms. The zero-order chi connectivity index (χ0) is 11.5. The van der Waals surface area contributed by atoms with E-state index in [1.54, 1.807) is 12.1 Å². The van der Waals surface area contributed by atoms with Gasteiger partial charge in [0.05, 0.1) is 0 Å². The fourth-order valence-electron chi connectivity index (χ4n) is 1.58. The van der Waals surface area contributed by atoms with E-state index in [2.05, 4.69) is 0 Å². The summed E-state index contributed by atoms with van der Waals surface area (Å²) in [5.74, 6) is -0.141. The highest BCUT2D eigenvalue weighted by Gasteiger charge is 2.14. The molecule has 82 valence electrons. The summed E-state index contributed by atoms with van der Waals surface area (Å²) >= 11 is 0. The molecule has 0 heterocycles. The molecule has 0 aromatic heterocycles. The summed E-state index contributed by atoms with van der Waals surface area (Å²) in [5, 5.41) is 28.8. The van der Waals surface area contributed by atoms with Gasteiger partial charge in [0.15, 0.2) is 0 Å².